The molecule has 0 saturated carbocycles. The Labute approximate surface area is 167 Å². The number of benzene rings is 1. The van der Waals surface area contributed by atoms with Crippen LogP contribution in [0.1, 0.15) is 37.6 Å². The Morgan fingerprint density at radius 2 is 1.59 bits per heavy atom. The summed E-state index contributed by atoms with van der Waals surface area (Å²) >= 11 is 0. The number of esters is 2. The van der Waals surface area contributed by atoms with Crippen molar-refractivity contribution in [1.29, 1.82) is 0 Å². The van der Waals surface area contributed by atoms with Crippen LogP contribution in [0.5, 0.6) is 0 Å². The average Bonchev–Trinajstić information content (AvgIpc) is 2.64. The summed E-state index contributed by atoms with van der Waals surface area (Å²) in [6.45, 7) is 4.46. The van der Waals surface area contributed by atoms with Crippen LogP contribution in [0.2, 0.25) is 0 Å². The van der Waals surface area contributed by atoms with Crippen LogP contribution < -0.4 is 10.6 Å². The normalized spacial score (nSPS) is 12.2. The molecule has 0 aliphatic carbocycles. The van der Waals surface area contributed by atoms with Crippen molar-refractivity contribution in [1.82, 2.24) is 5.32 Å². The molecule has 0 spiro atoms. The lowest BCUT2D eigenvalue weighted by atomic mass is 9.95. The third-order valence-electron chi connectivity index (χ3n) is 3.70. The van der Waals surface area contributed by atoms with E-state index in [9.17, 15) is 29.1 Å². The van der Waals surface area contributed by atoms with E-state index < -0.39 is 42.2 Å². The maximum atomic E-state index is 12.5. The van der Waals surface area contributed by atoms with Crippen molar-refractivity contribution in [2.45, 2.75) is 33.2 Å². The molecule has 2 atom stereocenters. The van der Waals surface area contributed by atoms with E-state index in [4.69, 9.17) is 9.47 Å². The Morgan fingerprint density at radius 1 is 1.00 bits per heavy atom. The number of ether oxygens (including phenoxy) is 2. The summed E-state index contributed by atoms with van der Waals surface area (Å²) in [7, 11) is 0. The predicted molar refractivity (Wildman–Crippen MR) is 101 cm³/mol. The molecule has 0 aromatic heterocycles. The average molecular weight is 408 g/mol. The molecule has 0 unspecified atom stereocenters. The summed E-state index contributed by atoms with van der Waals surface area (Å²) < 4.78 is 9.63. The minimum absolute atomic E-state index is 0.0247. The van der Waals surface area contributed by atoms with Crippen molar-refractivity contribution in [3.8, 4) is 0 Å². The quantitative estimate of drug-likeness (QED) is 0.485. The van der Waals surface area contributed by atoms with Gasteiger partial charge in [0.25, 0.3) is 5.91 Å². The Bertz CT molecular complexity index is 760. The first kappa shape index (κ1) is 23.6. The maximum Gasteiger partial charge on any atom is 0.327 e. The first-order valence-corrected chi connectivity index (χ1v) is 8.93. The molecular formula is C19H24N2O8. The zero-order chi connectivity index (χ0) is 22.0. The number of nitrogens with one attached hydrogen (secondary N) is 2. The molecule has 0 heterocycles. The van der Waals surface area contributed by atoms with Gasteiger partial charge in [-0.15, -0.1) is 0 Å². The molecule has 10 heteroatoms. The van der Waals surface area contributed by atoms with Gasteiger partial charge in [-0.2, -0.15) is 0 Å². The minimum atomic E-state index is -1.71. The maximum absolute atomic E-state index is 12.5. The van der Waals surface area contributed by atoms with E-state index in [-0.39, 0.29) is 24.7 Å². The van der Waals surface area contributed by atoms with Crippen molar-refractivity contribution in [2.24, 2.45) is 5.92 Å². The van der Waals surface area contributed by atoms with Crippen LogP contribution in [0.15, 0.2) is 24.3 Å². The van der Waals surface area contributed by atoms with E-state index in [1.54, 1.807) is 6.92 Å². The van der Waals surface area contributed by atoms with Gasteiger partial charge >= 0.3 is 17.9 Å². The molecule has 1 aromatic rings. The van der Waals surface area contributed by atoms with Gasteiger partial charge in [-0.05, 0) is 38.1 Å². The molecule has 0 bridgehead atoms. The van der Waals surface area contributed by atoms with Gasteiger partial charge in [-0.1, -0.05) is 0 Å². The lowest BCUT2D eigenvalue weighted by molar-refractivity contribution is -0.159. The lowest BCUT2D eigenvalue weighted by Gasteiger charge is -2.22. The molecule has 2 amide bonds. The molecule has 29 heavy (non-hydrogen) atoms. The summed E-state index contributed by atoms with van der Waals surface area (Å²) in [5.41, 5.74) is 0.555. The smallest absolute Gasteiger partial charge is 0.327 e. The molecule has 0 saturated heterocycles. The predicted octanol–water partition coefficient (Wildman–Crippen LogP) is 0.960. The summed E-state index contributed by atoms with van der Waals surface area (Å²) in [4.78, 5) is 59.2. The number of carboxylic acids is 1. The Hall–Kier alpha value is -3.43. The molecule has 10 nitrogen and oxygen atoms in total. The highest BCUT2D eigenvalue weighted by Crippen LogP contribution is 2.16. The number of anilines is 1. The number of carbonyl (C=O) groups is 5. The standard InChI is InChI=1S/C19H24N2O8/c1-4-28-15(23)10-14(19(27)29-5-2)16(18(25)26)21-17(24)12-6-8-13(9-7-12)20-11(3)22/h6-9,14,16H,4-5,10H2,1-3H3,(H,20,22)(H,21,24)(H,25,26)/t14-,16-/m1/s1. The fourth-order valence-electron chi connectivity index (χ4n) is 2.45. The van der Waals surface area contributed by atoms with Crippen molar-refractivity contribution in [2.75, 3.05) is 18.5 Å². The molecule has 158 valence electrons. The Kier molecular flexibility index (Phi) is 9.30. The summed E-state index contributed by atoms with van der Waals surface area (Å²) in [5, 5.41) is 14.3. The number of rotatable bonds is 10. The molecular weight excluding hydrogens is 384 g/mol. The van der Waals surface area contributed by atoms with E-state index in [2.05, 4.69) is 10.6 Å². The van der Waals surface area contributed by atoms with Crippen LogP contribution in [0.4, 0.5) is 5.69 Å². The third kappa shape index (κ3) is 7.60. The fourth-order valence-corrected chi connectivity index (χ4v) is 2.45. The van der Waals surface area contributed by atoms with E-state index >= 15 is 0 Å². The fraction of sp³-hybridized carbons (Fsp3) is 0.421. The number of carboxylic acid groups (broad SMARTS) is 1. The zero-order valence-corrected chi connectivity index (χ0v) is 16.4. The Morgan fingerprint density at radius 3 is 2.07 bits per heavy atom. The van der Waals surface area contributed by atoms with Crippen LogP contribution in [0, 0.1) is 5.92 Å². The highest BCUT2D eigenvalue weighted by Gasteiger charge is 2.38. The molecule has 1 rings (SSSR count). The van der Waals surface area contributed by atoms with E-state index in [1.165, 1.54) is 38.1 Å². The van der Waals surface area contributed by atoms with Gasteiger partial charge in [0.05, 0.1) is 25.6 Å². The number of amides is 2. The number of aliphatic carboxylic acids is 1. The second kappa shape index (κ2) is 11.4. The van der Waals surface area contributed by atoms with Crippen molar-refractivity contribution in [3.63, 3.8) is 0 Å². The second-order valence-electron chi connectivity index (χ2n) is 5.92. The molecule has 0 aliphatic rings. The first-order chi connectivity index (χ1) is 13.7. The summed E-state index contributed by atoms with van der Waals surface area (Å²) in [6, 6.07) is 3.98. The first-order valence-electron chi connectivity index (χ1n) is 8.93. The summed E-state index contributed by atoms with van der Waals surface area (Å²) in [6.07, 6.45) is -0.564. The third-order valence-corrected chi connectivity index (χ3v) is 3.70. The van der Waals surface area contributed by atoms with Crippen LogP contribution in [0.25, 0.3) is 0 Å². The van der Waals surface area contributed by atoms with Crippen LogP contribution in [-0.2, 0) is 28.7 Å². The van der Waals surface area contributed by atoms with E-state index in [0.717, 1.165) is 0 Å². The summed E-state index contributed by atoms with van der Waals surface area (Å²) in [5.74, 6) is -5.75. The number of hydrogen-bond acceptors (Lipinski definition) is 7. The molecule has 0 aliphatic heterocycles. The zero-order valence-electron chi connectivity index (χ0n) is 16.4. The van der Waals surface area contributed by atoms with Crippen LogP contribution in [0.3, 0.4) is 0 Å². The molecule has 1 aromatic carbocycles. The molecule has 0 fully saturated rings. The van der Waals surface area contributed by atoms with Gasteiger partial charge in [0.1, 0.15) is 6.04 Å². The van der Waals surface area contributed by atoms with Gasteiger partial charge < -0.3 is 25.2 Å². The SMILES string of the molecule is CCOC(=O)C[C@@H](C(=O)OCC)[C@@H](NC(=O)c1ccc(NC(C)=O)cc1)C(=O)O. The van der Waals surface area contributed by atoms with E-state index in [0.29, 0.717) is 5.69 Å². The lowest BCUT2D eigenvalue weighted by Crippen LogP contribution is -2.49. The Balaban J connectivity index is 3.03. The van der Waals surface area contributed by atoms with Gasteiger partial charge in [0.15, 0.2) is 0 Å². The van der Waals surface area contributed by atoms with Crippen LogP contribution in [-0.4, -0.2) is 54.1 Å². The largest absolute Gasteiger partial charge is 0.480 e. The van der Waals surface area contributed by atoms with E-state index in [1.807, 2.05) is 0 Å². The van der Waals surface area contributed by atoms with Crippen molar-refractivity contribution >= 4 is 35.4 Å². The number of carbonyl (C=O) groups excluding carboxylic acids is 4. The topological polar surface area (TPSA) is 148 Å². The van der Waals surface area contributed by atoms with Gasteiger partial charge in [-0.3, -0.25) is 19.2 Å². The van der Waals surface area contributed by atoms with Crippen LogP contribution >= 0.6 is 0 Å². The molecule has 3 N–H and O–H groups in total. The van der Waals surface area contributed by atoms with Gasteiger partial charge in [0, 0.05) is 18.2 Å². The highest BCUT2D eigenvalue weighted by atomic mass is 16.5. The second-order valence-corrected chi connectivity index (χ2v) is 5.92. The monoisotopic (exact) mass is 408 g/mol. The highest BCUT2D eigenvalue weighted by molar-refractivity contribution is 5.99. The van der Waals surface area contributed by atoms with Gasteiger partial charge in [-0.25, -0.2) is 4.79 Å². The molecule has 0 radical (unpaired) electrons. The van der Waals surface area contributed by atoms with Gasteiger partial charge in [0.2, 0.25) is 5.91 Å². The number of hydrogen-bond donors (Lipinski definition) is 3. The minimum Gasteiger partial charge on any atom is -0.480 e. The van der Waals surface area contributed by atoms with Crippen molar-refractivity contribution < 1.29 is 38.6 Å². The van der Waals surface area contributed by atoms with Crippen molar-refractivity contribution in [3.05, 3.63) is 29.8 Å².